The molecule has 2 heterocycles. The Kier molecular flexibility index (Phi) is 5.04. The Bertz CT molecular complexity index is 1330. The molecule has 0 bridgehead atoms. The molecule has 7 nitrogen and oxygen atoms in total. The molecule has 5 rings (SSSR count). The second-order valence-corrected chi connectivity index (χ2v) is 8.35. The third-order valence-electron chi connectivity index (χ3n) is 5.71. The van der Waals surface area contributed by atoms with Crippen LogP contribution < -0.4 is 10.5 Å². The summed E-state index contributed by atoms with van der Waals surface area (Å²) in [5, 5.41) is 4.94. The molecular weight excluding hydrogens is 426 g/mol. The number of aromatic nitrogens is 2. The van der Waals surface area contributed by atoms with Gasteiger partial charge >= 0.3 is 0 Å². The fourth-order valence-electron chi connectivity index (χ4n) is 4.00. The number of Topliss-reactive ketones (excluding diaryl/α,β-unsaturated/α-hetero) is 1. The summed E-state index contributed by atoms with van der Waals surface area (Å²) >= 11 is 6.42. The lowest BCUT2D eigenvalue weighted by Gasteiger charge is -2.17. The first kappa shape index (κ1) is 20.4. The van der Waals surface area contributed by atoms with Crippen LogP contribution >= 0.6 is 11.6 Å². The van der Waals surface area contributed by atoms with Gasteiger partial charge in [-0.2, -0.15) is 5.10 Å². The Balaban J connectivity index is 1.68. The number of aliphatic imine (C=N–C) groups is 1. The number of rotatable bonds is 5. The van der Waals surface area contributed by atoms with Crippen LogP contribution in [0.2, 0.25) is 5.02 Å². The molecule has 0 spiro atoms. The predicted octanol–water partition coefficient (Wildman–Crippen LogP) is 4.44. The van der Waals surface area contributed by atoms with E-state index in [-0.39, 0.29) is 25.0 Å². The Morgan fingerprint density at radius 1 is 1.22 bits per heavy atom. The van der Waals surface area contributed by atoms with E-state index in [9.17, 15) is 4.79 Å². The monoisotopic (exact) mass is 445 g/mol. The first-order valence-corrected chi connectivity index (χ1v) is 10.7. The molecule has 1 aromatic heterocycles. The number of nitrogens with two attached hydrogens (primary N) is 1. The molecule has 1 aliphatic heterocycles. The summed E-state index contributed by atoms with van der Waals surface area (Å²) in [6, 6.07) is 9.08. The summed E-state index contributed by atoms with van der Waals surface area (Å²) in [6.07, 6.45) is 3.85. The SMILES string of the molecule is [C-]#[N+]c1c(OC2CC2)cc(Cl)cc1-c1c(-c2ccc3c(c2)C(CN)=NCC3=O)cnn1C. The summed E-state index contributed by atoms with van der Waals surface area (Å²) < 4.78 is 7.69. The van der Waals surface area contributed by atoms with Crippen LogP contribution in [0, 0.1) is 6.57 Å². The standard InChI is InChI=1S/C24H20ClN5O2/c1-27-23-18(8-14(25)9-22(23)32-15-4-5-15)24-19(11-29-30(24)2)13-3-6-16-17(7-13)20(10-26)28-12-21(16)31/h3,6-9,11,15H,4-5,10,12,26H2,2H3. The van der Waals surface area contributed by atoms with Crippen LogP contribution in [-0.4, -0.2) is 40.5 Å². The van der Waals surface area contributed by atoms with Crippen molar-refractivity contribution < 1.29 is 9.53 Å². The topological polar surface area (TPSA) is 86.9 Å². The number of ether oxygens (including phenoxy) is 1. The van der Waals surface area contributed by atoms with Gasteiger partial charge in [-0.3, -0.25) is 14.5 Å². The molecule has 8 heteroatoms. The number of ketones is 1. The lowest BCUT2D eigenvalue weighted by molar-refractivity contribution is 0.1000. The van der Waals surface area contributed by atoms with Gasteiger partial charge in [0, 0.05) is 40.9 Å². The molecule has 2 aliphatic rings. The van der Waals surface area contributed by atoms with E-state index in [4.69, 9.17) is 28.6 Å². The van der Waals surface area contributed by atoms with Gasteiger partial charge < -0.3 is 10.5 Å². The average Bonchev–Trinajstić information content (AvgIpc) is 3.52. The largest absolute Gasteiger partial charge is 0.501 e. The maximum Gasteiger partial charge on any atom is 0.237 e. The van der Waals surface area contributed by atoms with E-state index in [1.807, 2.05) is 25.2 Å². The van der Waals surface area contributed by atoms with Gasteiger partial charge in [0.1, 0.15) is 12.3 Å². The van der Waals surface area contributed by atoms with Crippen molar-refractivity contribution in [2.75, 3.05) is 13.1 Å². The number of carbonyl (C=O) groups is 1. The van der Waals surface area contributed by atoms with Gasteiger partial charge in [-0.1, -0.05) is 23.7 Å². The van der Waals surface area contributed by atoms with Gasteiger partial charge in [-0.25, -0.2) is 4.85 Å². The molecule has 1 aliphatic carbocycles. The van der Waals surface area contributed by atoms with Gasteiger partial charge in [0.2, 0.25) is 5.69 Å². The Hall–Kier alpha value is -3.47. The number of hydrogen-bond acceptors (Lipinski definition) is 5. The Morgan fingerprint density at radius 3 is 2.75 bits per heavy atom. The van der Waals surface area contributed by atoms with Crippen molar-refractivity contribution in [2.24, 2.45) is 17.8 Å². The summed E-state index contributed by atoms with van der Waals surface area (Å²) in [6.45, 7) is 8.19. The fourth-order valence-corrected chi connectivity index (χ4v) is 4.21. The second kappa shape index (κ2) is 7.90. The Labute approximate surface area is 190 Å². The maximum atomic E-state index is 12.3. The second-order valence-electron chi connectivity index (χ2n) is 7.91. The normalized spacial score (nSPS) is 15.2. The van der Waals surface area contributed by atoms with Crippen LogP contribution in [0.5, 0.6) is 5.75 Å². The van der Waals surface area contributed by atoms with Crippen molar-refractivity contribution in [1.82, 2.24) is 9.78 Å². The number of benzene rings is 2. The Morgan fingerprint density at radius 2 is 2.03 bits per heavy atom. The van der Waals surface area contributed by atoms with E-state index in [0.717, 1.165) is 35.2 Å². The maximum absolute atomic E-state index is 12.3. The minimum Gasteiger partial charge on any atom is -0.501 e. The number of hydrogen-bond donors (Lipinski definition) is 1. The summed E-state index contributed by atoms with van der Waals surface area (Å²) in [5.41, 5.74) is 11.4. The van der Waals surface area contributed by atoms with Crippen molar-refractivity contribution in [3.05, 3.63) is 64.1 Å². The van der Waals surface area contributed by atoms with E-state index >= 15 is 0 Å². The van der Waals surface area contributed by atoms with Gasteiger partial charge in [0.05, 0.1) is 30.3 Å². The highest BCUT2D eigenvalue weighted by Crippen LogP contribution is 2.45. The third-order valence-corrected chi connectivity index (χ3v) is 5.93. The highest BCUT2D eigenvalue weighted by molar-refractivity contribution is 6.31. The molecule has 2 aromatic carbocycles. The smallest absolute Gasteiger partial charge is 0.237 e. The van der Waals surface area contributed by atoms with Crippen LogP contribution in [0.25, 0.3) is 27.2 Å². The van der Waals surface area contributed by atoms with Crippen LogP contribution in [0.1, 0.15) is 28.8 Å². The number of fused-ring (bicyclic) bond motifs is 1. The van der Waals surface area contributed by atoms with Crippen molar-refractivity contribution in [2.45, 2.75) is 18.9 Å². The highest BCUT2D eigenvalue weighted by atomic mass is 35.5. The van der Waals surface area contributed by atoms with Gasteiger partial charge in [0.15, 0.2) is 5.78 Å². The van der Waals surface area contributed by atoms with Crippen molar-refractivity contribution >= 4 is 28.8 Å². The molecule has 160 valence electrons. The minimum atomic E-state index is -0.0258. The van der Waals surface area contributed by atoms with Crippen LogP contribution in [0.3, 0.4) is 0 Å². The summed E-state index contributed by atoms with van der Waals surface area (Å²) in [5.74, 6) is 0.466. The van der Waals surface area contributed by atoms with E-state index in [1.54, 1.807) is 23.0 Å². The molecule has 0 atom stereocenters. The minimum absolute atomic E-state index is 0.0258. The zero-order chi connectivity index (χ0) is 22.4. The van der Waals surface area contributed by atoms with Crippen molar-refractivity contribution in [1.29, 1.82) is 0 Å². The fraction of sp³-hybridized carbons (Fsp3) is 0.250. The van der Waals surface area contributed by atoms with E-state index in [1.165, 1.54) is 0 Å². The van der Waals surface area contributed by atoms with E-state index in [2.05, 4.69) is 14.9 Å². The van der Waals surface area contributed by atoms with Crippen molar-refractivity contribution in [3.8, 4) is 28.1 Å². The molecular formula is C24H20ClN5O2. The first-order valence-electron chi connectivity index (χ1n) is 10.3. The summed E-state index contributed by atoms with van der Waals surface area (Å²) in [7, 11) is 1.82. The zero-order valence-corrected chi connectivity index (χ0v) is 18.2. The molecule has 0 saturated heterocycles. The number of carbonyl (C=O) groups excluding carboxylic acids is 1. The number of halogens is 1. The number of nitrogens with zero attached hydrogens (tertiary/aromatic N) is 4. The van der Waals surface area contributed by atoms with Crippen LogP contribution in [0.4, 0.5) is 5.69 Å². The molecule has 0 radical (unpaired) electrons. The summed E-state index contributed by atoms with van der Waals surface area (Å²) in [4.78, 5) is 20.4. The molecule has 1 fully saturated rings. The van der Waals surface area contributed by atoms with E-state index < -0.39 is 0 Å². The van der Waals surface area contributed by atoms with Gasteiger partial charge in [-0.05, 0) is 36.6 Å². The van der Waals surface area contributed by atoms with Crippen LogP contribution in [0.15, 0.2) is 41.5 Å². The zero-order valence-electron chi connectivity index (χ0n) is 17.4. The molecule has 0 amide bonds. The lowest BCUT2D eigenvalue weighted by atomic mass is 9.91. The predicted molar refractivity (Wildman–Crippen MR) is 124 cm³/mol. The highest BCUT2D eigenvalue weighted by Gasteiger charge is 2.28. The average molecular weight is 446 g/mol. The van der Waals surface area contributed by atoms with Gasteiger partial charge in [-0.15, -0.1) is 0 Å². The van der Waals surface area contributed by atoms with Gasteiger partial charge in [0.25, 0.3) is 0 Å². The molecule has 32 heavy (non-hydrogen) atoms. The molecule has 0 unspecified atom stereocenters. The first-order chi connectivity index (χ1) is 15.5. The molecule has 1 saturated carbocycles. The molecule has 2 N–H and O–H groups in total. The number of aryl methyl sites for hydroxylation is 1. The van der Waals surface area contributed by atoms with Crippen LogP contribution in [-0.2, 0) is 7.05 Å². The van der Waals surface area contributed by atoms with E-state index in [0.29, 0.717) is 33.3 Å². The van der Waals surface area contributed by atoms with Crippen molar-refractivity contribution in [3.63, 3.8) is 0 Å². The third kappa shape index (κ3) is 3.48. The lowest BCUT2D eigenvalue weighted by Crippen LogP contribution is -2.24. The quantitative estimate of drug-likeness (QED) is 0.588. The molecule has 3 aromatic rings.